The highest BCUT2D eigenvalue weighted by atomic mass is 16.4. The van der Waals surface area contributed by atoms with E-state index in [1.54, 1.807) is 12.4 Å². The fourth-order valence-electron chi connectivity index (χ4n) is 1.69. The summed E-state index contributed by atoms with van der Waals surface area (Å²) < 4.78 is 0. The number of carboxylic acids is 1. The molecule has 0 aromatic carbocycles. The molecule has 1 aliphatic rings. The summed E-state index contributed by atoms with van der Waals surface area (Å²) in [6.07, 6.45) is 5.63. The smallest absolute Gasteiger partial charge is 0.322 e. The Bertz CT molecular complexity index is 360. The minimum absolute atomic E-state index is 0.141. The Labute approximate surface area is 93.3 Å². The van der Waals surface area contributed by atoms with Crippen molar-refractivity contribution in [1.29, 1.82) is 0 Å². The summed E-state index contributed by atoms with van der Waals surface area (Å²) in [6, 6.07) is 0. The van der Waals surface area contributed by atoms with E-state index in [0.717, 1.165) is 18.9 Å². The molecular formula is C10H14N4O2. The topological polar surface area (TPSA) is 78.3 Å². The Hall–Kier alpha value is -1.85. The Kier molecular flexibility index (Phi) is 3.19. The lowest BCUT2D eigenvalue weighted by molar-refractivity contribution is -0.134. The molecule has 0 radical (unpaired) electrons. The third kappa shape index (κ3) is 2.59. The zero-order chi connectivity index (χ0) is 11.4. The molecule has 1 fully saturated rings. The van der Waals surface area contributed by atoms with Crippen molar-refractivity contribution in [1.82, 2.24) is 9.97 Å². The van der Waals surface area contributed by atoms with E-state index < -0.39 is 5.97 Å². The van der Waals surface area contributed by atoms with Gasteiger partial charge in [-0.25, -0.2) is 9.97 Å². The van der Waals surface area contributed by atoms with Crippen molar-refractivity contribution in [3.8, 4) is 0 Å². The second kappa shape index (κ2) is 4.78. The van der Waals surface area contributed by atoms with Gasteiger partial charge in [0.15, 0.2) is 0 Å². The molecule has 0 unspecified atom stereocenters. The molecular weight excluding hydrogens is 208 g/mol. The molecule has 16 heavy (non-hydrogen) atoms. The van der Waals surface area contributed by atoms with Crippen LogP contribution in [0.1, 0.15) is 12.8 Å². The molecule has 1 saturated heterocycles. The molecule has 0 saturated carbocycles. The molecule has 86 valence electrons. The number of hydrogen-bond acceptors (Lipinski definition) is 5. The first-order chi connectivity index (χ1) is 7.75. The van der Waals surface area contributed by atoms with Crippen LogP contribution in [0.5, 0.6) is 0 Å². The molecule has 6 nitrogen and oxygen atoms in total. The second-order valence-corrected chi connectivity index (χ2v) is 3.70. The van der Waals surface area contributed by atoms with E-state index >= 15 is 0 Å². The van der Waals surface area contributed by atoms with Crippen molar-refractivity contribution >= 4 is 17.6 Å². The number of anilines is 2. The molecule has 2 N–H and O–H groups in total. The summed E-state index contributed by atoms with van der Waals surface area (Å²) in [7, 11) is 0. The van der Waals surface area contributed by atoms with E-state index in [9.17, 15) is 4.79 Å². The minimum atomic E-state index is -0.912. The van der Waals surface area contributed by atoms with E-state index in [4.69, 9.17) is 5.11 Å². The largest absolute Gasteiger partial charge is 0.480 e. The zero-order valence-electron chi connectivity index (χ0n) is 8.89. The third-order valence-corrected chi connectivity index (χ3v) is 2.49. The third-order valence-electron chi connectivity index (χ3n) is 2.49. The van der Waals surface area contributed by atoms with Gasteiger partial charge in [0.2, 0.25) is 0 Å². The quantitative estimate of drug-likeness (QED) is 0.775. The number of carbonyl (C=O) groups is 1. The maximum atomic E-state index is 10.3. The standard InChI is InChI=1S/C10H14N4O2/c15-10(16)7-12-8-5-13-9(6-11-8)14-3-1-2-4-14/h5-6H,1-4,7H2,(H,11,12)(H,15,16). The van der Waals surface area contributed by atoms with Crippen LogP contribution in [0.15, 0.2) is 12.4 Å². The normalized spacial score (nSPS) is 15.1. The average Bonchev–Trinajstić information content (AvgIpc) is 2.80. The van der Waals surface area contributed by atoms with Crippen LogP contribution in [0.25, 0.3) is 0 Å². The lowest BCUT2D eigenvalue weighted by atomic mass is 10.4. The van der Waals surface area contributed by atoms with Gasteiger partial charge in [0.05, 0.1) is 12.4 Å². The van der Waals surface area contributed by atoms with Gasteiger partial charge >= 0.3 is 5.97 Å². The summed E-state index contributed by atoms with van der Waals surface area (Å²) in [5.41, 5.74) is 0. The van der Waals surface area contributed by atoms with Crippen molar-refractivity contribution in [2.24, 2.45) is 0 Å². The SMILES string of the molecule is O=C(O)CNc1cnc(N2CCCC2)cn1. The summed E-state index contributed by atoms with van der Waals surface area (Å²) in [5, 5.41) is 11.2. The van der Waals surface area contributed by atoms with Crippen molar-refractivity contribution in [3.63, 3.8) is 0 Å². The van der Waals surface area contributed by atoms with Gasteiger partial charge in [0, 0.05) is 13.1 Å². The molecule has 0 atom stereocenters. The van der Waals surface area contributed by atoms with Crippen LogP contribution in [0.4, 0.5) is 11.6 Å². The summed E-state index contributed by atoms with van der Waals surface area (Å²) in [5.74, 6) is 0.439. The Balaban J connectivity index is 1.95. The maximum absolute atomic E-state index is 10.3. The number of nitrogens with zero attached hydrogens (tertiary/aromatic N) is 3. The van der Waals surface area contributed by atoms with Crippen LogP contribution in [-0.2, 0) is 4.79 Å². The highest BCUT2D eigenvalue weighted by Crippen LogP contribution is 2.16. The molecule has 1 aliphatic heterocycles. The van der Waals surface area contributed by atoms with Gasteiger partial charge in [0.1, 0.15) is 18.2 Å². The molecule has 0 bridgehead atoms. The van der Waals surface area contributed by atoms with Crippen molar-refractivity contribution in [2.45, 2.75) is 12.8 Å². The fourth-order valence-corrected chi connectivity index (χ4v) is 1.69. The number of nitrogens with one attached hydrogen (secondary N) is 1. The van der Waals surface area contributed by atoms with Gasteiger partial charge in [-0.2, -0.15) is 0 Å². The van der Waals surface area contributed by atoms with Gasteiger partial charge in [-0.1, -0.05) is 0 Å². The highest BCUT2D eigenvalue weighted by molar-refractivity contribution is 5.72. The molecule has 2 heterocycles. The first-order valence-corrected chi connectivity index (χ1v) is 5.28. The maximum Gasteiger partial charge on any atom is 0.322 e. The summed E-state index contributed by atoms with van der Waals surface area (Å²) in [4.78, 5) is 20.9. The average molecular weight is 222 g/mol. The van der Waals surface area contributed by atoms with E-state index in [1.807, 2.05) is 0 Å². The number of aliphatic carboxylic acids is 1. The van der Waals surface area contributed by atoms with Gasteiger partial charge in [0.25, 0.3) is 0 Å². The molecule has 0 amide bonds. The monoisotopic (exact) mass is 222 g/mol. The van der Waals surface area contributed by atoms with Crippen LogP contribution in [0.3, 0.4) is 0 Å². The number of hydrogen-bond donors (Lipinski definition) is 2. The Morgan fingerprint density at radius 1 is 1.38 bits per heavy atom. The van der Waals surface area contributed by atoms with E-state index in [2.05, 4.69) is 20.2 Å². The number of carboxylic acid groups (broad SMARTS) is 1. The molecule has 6 heteroatoms. The Morgan fingerprint density at radius 2 is 2.12 bits per heavy atom. The van der Waals surface area contributed by atoms with Crippen LogP contribution in [-0.4, -0.2) is 40.7 Å². The van der Waals surface area contributed by atoms with Crippen LogP contribution < -0.4 is 10.2 Å². The van der Waals surface area contributed by atoms with Crippen LogP contribution in [0.2, 0.25) is 0 Å². The number of aromatic nitrogens is 2. The first kappa shape index (κ1) is 10.7. The van der Waals surface area contributed by atoms with Gasteiger partial charge in [-0.15, -0.1) is 0 Å². The Morgan fingerprint density at radius 3 is 2.69 bits per heavy atom. The lowest BCUT2D eigenvalue weighted by Crippen LogP contribution is -2.19. The van der Waals surface area contributed by atoms with Crippen molar-refractivity contribution in [3.05, 3.63) is 12.4 Å². The number of rotatable bonds is 4. The predicted molar refractivity (Wildman–Crippen MR) is 59.6 cm³/mol. The van der Waals surface area contributed by atoms with E-state index in [-0.39, 0.29) is 6.54 Å². The van der Waals surface area contributed by atoms with Gasteiger partial charge in [-0.3, -0.25) is 4.79 Å². The predicted octanol–water partition coefficient (Wildman–Crippen LogP) is 0.573. The van der Waals surface area contributed by atoms with Gasteiger partial charge < -0.3 is 15.3 Å². The minimum Gasteiger partial charge on any atom is -0.480 e. The van der Waals surface area contributed by atoms with Crippen LogP contribution >= 0.6 is 0 Å². The van der Waals surface area contributed by atoms with E-state index in [1.165, 1.54) is 12.8 Å². The lowest BCUT2D eigenvalue weighted by Gasteiger charge is -2.15. The molecule has 1 aromatic heterocycles. The van der Waals surface area contributed by atoms with Crippen molar-refractivity contribution in [2.75, 3.05) is 29.9 Å². The summed E-state index contributed by atoms with van der Waals surface area (Å²) in [6.45, 7) is 1.91. The first-order valence-electron chi connectivity index (χ1n) is 5.28. The molecule has 2 rings (SSSR count). The molecule has 1 aromatic rings. The zero-order valence-corrected chi connectivity index (χ0v) is 8.89. The van der Waals surface area contributed by atoms with Crippen LogP contribution in [0, 0.1) is 0 Å². The fraction of sp³-hybridized carbons (Fsp3) is 0.500. The molecule has 0 spiro atoms. The van der Waals surface area contributed by atoms with E-state index in [0.29, 0.717) is 5.82 Å². The highest BCUT2D eigenvalue weighted by Gasteiger charge is 2.13. The summed E-state index contributed by atoms with van der Waals surface area (Å²) >= 11 is 0. The molecule has 0 aliphatic carbocycles. The van der Waals surface area contributed by atoms with Gasteiger partial charge in [-0.05, 0) is 12.8 Å². The van der Waals surface area contributed by atoms with Crippen molar-refractivity contribution < 1.29 is 9.90 Å². The second-order valence-electron chi connectivity index (χ2n) is 3.70.